The van der Waals surface area contributed by atoms with Crippen molar-refractivity contribution in [2.24, 2.45) is 0 Å². The van der Waals surface area contributed by atoms with Crippen LogP contribution < -0.4 is 5.32 Å². The molecule has 0 aliphatic carbocycles. The van der Waals surface area contributed by atoms with Gasteiger partial charge in [-0.15, -0.1) is 0 Å². The van der Waals surface area contributed by atoms with Gasteiger partial charge in [-0.25, -0.2) is 0 Å². The summed E-state index contributed by atoms with van der Waals surface area (Å²) in [7, 11) is 1.79. The minimum atomic E-state index is -4.16. The minimum absolute atomic E-state index is 0.0977. The molecule has 1 atom stereocenters. The molecule has 0 aliphatic heterocycles. The van der Waals surface area contributed by atoms with Crippen LogP contribution in [0.15, 0.2) is 18.2 Å². The zero-order valence-corrected chi connectivity index (χ0v) is 13.2. The largest absolute Gasteiger partial charge is 0.401 e. The lowest BCUT2D eigenvalue weighted by Gasteiger charge is -2.29. The van der Waals surface area contributed by atoms with Crippen molar-refractivity contribution in [2.75, 3.05) is 26.7 Å². The minimum Gasteiger partial charge on any atom is -0.312 e. The zero-order chi connectivity index (χ0) is 16.0. The number of nitrogens with zero attached hydrogens (tertiary/aromatic N) is 1. The normalized spacial score (nSPS) is 13.7. The molecule has 0 heterocycles. The molecular weight excluding hydrogens is 277 g/mol. The second-order valence-corrected chi connectivity index (χ2v) is 5.55. The number of aryl methyl sites for hydroxylation is 2. The Balaban J connectivity index is 2.87. The van der Waals surface area contributed by atoms with E-state index in [0.29, 0.717) is 19.5 Å². The molecule has 0 radical (unpaired) electrons. The molecule has 1 aromatic carbocycles. The predicted molar refractivity (Wildman–Crippen MR) is 80.5 cm³/mol. The predicted octanol–water partition coefficient (Wildman–Crippen LogP) is 3.84. The van der Waals surface area contributed by atoms with Gasteiger partial charge in [0.05, 0.1) is 6.54 Å². The monoisotopic (exact) mass is 302 g/mol. The summed E-state index contributed by atoms with van der Waals surface area (Å²) in [4.78, 5) is 1.47. The van der Waals surface area contributed by atoms with E-state index in [1.165, 1.54) is 4.90 Å². The van der Waals surface area contributed by atoms with Crippen molar-refractivity contribution < 1.29 is 13.2 Å². The van der Waals surface area contributed by atoms with Crippen LogP contribution in [0.3, 0.4) is 0 Å². The first kappa shape index (κ1) is 18.0. The van der Waals surface area contributed by atoms with Crippen molar-refractivity contribution >= 4 is 0 Å². The molecule has 0 spiro atoms. The standard InChI is InChI=1S/C16H25F3N2/c1-5-8-21(11-16(17,18)19)10-15(20-4)14-7-6-12(2)9-13(14)3/h6-7,9,15,20H,5,8,10-11H2,1-4H3. The first-order chi connectivity index (χ1) is 9.76. The maximum Gasteiger partial charge on any atom is 0.401 e. The smallest absolute Gasteiger partial charge is 0.312 e. The Kier molecular flexibility index (Phi) is 6.68. The van der Waals surface area contributed by atoms with E-state index in [0.717, 1.165) is 16.7 Å². The average Bonchev–Trinajstić information content (AvgIpc) is 2.35. The van der Waals surface area contributed by atoms with E-state index in [4.69, 9.17) is 0 Å². The highest BCUT2D eigenvalue weighted by Crippen LogP contribution is 2.22. The van der Waals surface area contributed by atoms with Crippen LogP contribution in [0.2, 0.25) is 0 Å². The summed E-state index contributed by atoms with van der Waals surface area (Å²) in [5.74, 6) is 0. The Morgan fingerprint density at radius 2 is 1.90 bits per heavy atom. The molecule has 1 N–H and O–H groups in total. The van der Waals surface area contributed by atoms with Crippen LogP contribution in [0.1, 0.15) is 36.1 Å². The van der Waals surface area contributed by atoms with Gasteiger partial charge in [-0.2, -0.15) is 13.2 Å². The number of alkyl halides is 3. The Bertz CT molecular complexity index is 444. The van der Waals surface area contributed by atoms with Crippen LogP contribution >= 0.6 is 0 Å². The lowest BCUT2D eigenvalue weighted by molar-refractivity contribution is -0.146. The summed E-state index contributed by atoms with van der Waals surface area (Å²) in [5, 5.41) is 3.14. The van der Waals surface area contributed by atoms with E-state index in [1.54, 1.807) is 7.05 Å². The van der Waals surface area contributed by atoms with E-state index < -0.39 is 12.7 Å². The summed E-state index contributed by atoms with van der Waals surface area (Å²) in [6, 6.07) is 5.97. The lowest BCUT2D eigenvalue weighted by atomic mass is 9.99. The van der Waals surface area contributed by atoms with Crippen LogP contribution in [0.25, 0.3) is 0 Å². The van der Waals surface area contributed by atoms with Crippen molar-refractivity contribution in [3.05, 3.63) is 34.9 Å². The number of hydrogen-bond acceptors (Lipinski definition) is 2. The summed E-state index contributed by atoms with van der Waals surface area (Å²) < 4.78 is 38.0. The molecule has 5 heteroatoms. The average molecular weight is 302 g/mol. The first-order valence-corrected chi connectivity index (χ1v) is 7.30. The summed E-state index contributed by atoms with van der Waals surface area (Å²) in [6.07, 6.45) is -3.45. The van der Waals surface area contributed by atoms with Gasteiger partial charge in [-0.1, -0.05) is 30.7 Å². The second kappa shape index (κ2) is 7.80. The Labute approximate surface area is 125 Å². The van der Waals surface area contributed by atoms with Gasteiger partial charge in [-0.05, 0) is 45.0 Å². The van der Waals surface area contributed by atoms with Gasteiger partial charge in [0.15, 0.2) is 0 Å². The molecule has 0 saturated heterocycles. The fourth-order valence-corrected chi connectivity index (χ4v) is 2.62. The molecule has 1 aromatic rings. The third kappa shape index (κ3) is 6.06. The van der Waals surface area contributed by atoms with Gasteiger partial charge in [0, 0.05) is 12.6 Å². The third-order valence-corrected chi connectivity index (χ3v) is 3.53. The van der Waals surface area contributed by atoms with E-state index in [9.17, 15) is 13.2 Å². The van der Waals surface area contributed by atoms with Crippen molar-refractivity contribution in [2.45, 2.75) is 39.4 Å². The third-order valence-electron chi connectivity index (χ3n) is 3.53. The second-order valence-electron chi connectivity index (χ2n) is 5.55. The first-order valence-electron chi connectivity index (χ1n) is 7.30. The molecule has 21 heavy (non-hydrogen) atoms. The molecule has 2 nitrogen and oxygen atoms in total. The van der Waals surface area contributed by atoms with Gasteiger partial charge in [0.25, 0.3) is 0 Å². The van der Waals surface area contributed by atoms with Crippen LogP contribution in [0.4, 0.5) is 13.2 Å². The quantitative estimate of drug-likeness (QED) is 0.823. The van der Waals surface area contributed by atoms with Crippen molar-refractivity contribution in [1.82, 2.24) is 10.2 Å². The number of likely N-dealkylation sites (N-methyl/N-ethyl adjacent to an activating group) is 1. The summed E-state index contributed by atoms with van der Waals surface area (Å²) in [5.41, 5.74) is 3.33. The number of nitrogens with one attached hydrogen (secondary N) is 1. The van der Waals surface area contributed by atoms with Crippen LogP contribution in [0, 0.1) is 13.8 Å². The van der Waals surface area contributed by atoms with Crippen LogP contribution in [-0.4, -0.2) is 37.8 Å². The van der Waals surface area contributed by atoms with Crippen LogP contribution in [0.5, 0.6) is 0 Å². The highest BCUT2D eigenvalue weighted by molar-refractivity contribution is 5.33. The Morgan fingerprint density at radius 1 is 1.24 bits per heavy atom. The highest BCUT2D eigenvalue weighted by atomic mass is 19.4. The summed E-state index contributed by atoms with van der Waals surface area (Å²) in [6.45, 7) is 5.86. The van der Waals surface area contributed by atoms with E-state index in [-0.39, 0.29) is 6.04 Å². The maximum absolute atomic E-state index is 12.7. The fourth-order valence-electron chi connectivity index (χ4n) is 2.62. The lowest BCUT2D eigenvalue weighted by Crippen LogP contribution is -2.40. The molecule has 0 aliphatic rings. The molecule has 0 aromatic heterocycles. The van der Waals surface area contributed by atoms with Gasteiger partial charge in [-0.3, -0.25) is 4.90 Å². The number of benzene rings is 1. The fraction of sp³-hybridized carbons (Fsp3) is 0.625. The van der Waals surface area contributed by atoms with Gasteiger partial charge < -0.3 is 5.32 Å². The van der Waals surface area contributed by atoms with Gasteiger partial charge >= 0.3 is 6.18 Å². The van der Waals surface area contributed by atoms with Crippen LogP contribution in [-0.2, 0) is 0 Å². The van der Waals surface area contributed by atoms with Crippen molar-refractivity contribution in [3.8, 4) is 0 Å². The molecular formula is C16H25F3N2. The van der Waals surface area contributed by atoms with Gasteiger partial charge in [0.2, 0.25) is 0 Å². The SMILES string of the molecule is CCCN(CC(NC)c1ccc(C)cc1C)CC(F)(F)F. The number of hydrogen-bond donors (Lipinski definition) is 1. The van der Waals surface area contributed by atoms with Gasteiger partial charge in [0.1, 0.15) is 0 Å². The van der Waals surface area contributed by atoms with E-state index in [2.05, 4.69) is 11.4 Å². The number of rotatable bonds is 7. The topological polar surface area (TPSA) is 15.3 Å². The molecule has 0 amide bonds. The Morgan fingerprint density at radius 3 is 2.38 bits per heavy atom. The Hall–Kier alpha value is -1.07. The molecule has 0 bridgehead atoms. The summed E-state index contributed by atoms with van der Waals surface area (Å²) >= 11 is 0. The van der Waals surface area contributed by atoms with Crippen molar-refractivity contribution in [1.29, 1.82) is 0 Å². The van der Waals surface area contributed by atoms with Crippen molar-refractivity contribution in [3.63, 3.8) is 0 Å². The molecule has 1 unspecified atom stereocenters. The molecule has 0 fully saturated rings. The molecule has 0 saturated carbocycles. The van der Waals surface area contributed by atoms with E-state index in [1.807, 2.05) is 32.9 Å². The number of halogens is 3. The highest BCUT2D eigenvalue weighted by Gasteiger charge is 2.31. The zero-order valence-electron chi connectivity index (χ0n) is 13.2. The molecule has 1 rings (SSSR count). The maximum atomic E-state index is 12.7. The molecule has 120 valence electrons. The van der Waals surface area contributed by atoms with E-state index >= 15 is 0 Å².